The largest absolute Gasteiger partial charge is 0.339 e. The lowest BCUT2D eigenvalue weighted by Crippen LogP contribution is -2.15. The number of rotatable bonds is 7. The lowest BCUT2D eigenvalue weighted by molar-refractivity contribution is 0.335. The van der Waals surface area contributed by atoms with E-state index in [1.54, 1.807) is 0 Å². The summed E-state index contributed by atoms with van der Waals surface area (Å²) in [5.74, 6) is 3.05. The molecule has 21 heavy (non-hydrogen) atoms. The molecule has 0 saturated carbocycles. The van der Waals surface area contributed by atoms with E-state index < -0.39 is 0 Å². The third-order valence-corrected chi connectivity index (χ3v) is 4.15. The van der Waals surface area contributed by atoms with Crippen LogP contribution in [0.5, 0.6) is 0 Å². The van der Waals surface area contributed by atoms with Crippen molar-refractivity contribution < 1.29 is 4.52 Å². The van der Waals surface area contributed by atoms with E-state index in [9.17, 15) is 0 Å². The minimum absolute atomic E-state index is 0.140. The minimum atomic E-state index is 0.140. The molecule has 2 aromatic rings. The number of nitrogens with two attached hydrogens (primary N) is 1. The minimum Gasteiger partial charge on any atom is -0.339 e. The molecule has 0 aliphatic carbocycles. The fourth-order valence-electron chi connectivity index (χ4n) is 2.25. The van der Waals surface area contributed by atoms with Crippen LogP contribution in [0.4, 0.5) is 0 Å². The van der Waals surface area contributed by atoms with Crippen molar-refractivity contribution in [1.82, 2.24) is 10.1 Å². The van der Waals surface area contributed by atoms with Crippen LogP contribution in [-0.2, 0) is 0 Å². The van der Waals surface area contributed by atoms with Crippen molar-refractivity contribution in [2.75, 3.05) is 12.3 Å². The maximum absolute atomic E-state index is 5.82. The first-order valence-corrected chi connectivity index (χ1v) is 8.39. The molecule has 0 aliphatic heterocycles. The second kappa shape index (κ2) is 7.61. The van der Waals surface area contributed by atoms with Crippen LogP contribution in [0.15, 0.2) is 33.7 Å². The van der Waals surface area contributed by atoms with Gasteiger partial charge < -0.3 is 10.3 Å². The highest BCUT2D eigenvalue weighted by atomic mass is 32.2. The number of hydrogen-bond donors (Lipinski definition) is 1. The Hall–Kier alpha value is -1.33. The lowest BCUT2D eigenvalue weighted by Gasteiger charge is -2.11. The van der Waals surface area contributed by atoms with Gasteiger partial charge in [0.25, 0.3) is 0 Å². The summed E-state index contributed by atoms with van der Waals surface area (Å²) in [6.07, 6.45) is 0.963. The van der Waals surface area contributed by atoms with Crippen molar-refractivity contribution in [3.05, 3.63) is 30.2 Å². The quantitative estimate of drug-likeness (QED) is 0.785. The fourth-order valence-corrected chi connectivity index (χ4v) is 2.91. The monoisotopic (exact) mass is 305 g/mol. The highest BCUT2D eigenvalue weighted by Crippen LogP contribution is 2.26. The number of nitrogens with zero attached hydrogens (tertiary/aromatic N) is 2. The van der Waals surface area contributed by atoms with Gasteiger partial charge in [0.1, 0.15) is 0 Å². The summed E-state index contributed by atoms with van der Waals surface area (Å²) in [5, 5.41) is 4.09. The molecule has 0 spiro atoms. The van der Waals surface area contributed by atoms with E-state index in [1.165, 1.54) is 4.90 Å². The zero-order valence-electron chi connectivity index (χ0n) is 12.9. The third kappa shape index (κ3) is 4.32. The predicted octanol–water partition coefficient (Wildman–Crippen LogP) is 3.94. The molecule has 4 nitrogen and oxygen atoms in total. The molecule has 0 bridgehead atoms. The fraction of sp³-hybridized carbons (Fsp3) is 0.500. The zero-order valence-corrected chi connectivity index (χ0v) is 13.7. The summed E-state index contributed by atoms with van der Waals surface area (Å²) >= 11 is 1.82. The van der Waals surface area contributed by atoms with Crippen LogP contribution in [0, 0.1) is 5.92 Å². The summed E-state index contributed by atoms with van der Waals surface area (Å²) in [7, 11) is 0. The number of benzene rings is 1. The van der Waals surface area contributed by atoms with Gasteiger partial charge in [0, 0.05) is 17.0 Å². The van der Waals surface area contributed by atoms with Crippen molar-refractivity contribution >= 4 is 11.8 Å². The average Bonchev–Trinajstić information content (AvgIpc) is 2.95. The van der Waals surface area contributed by atoms with Gasteiger partial charge in [-0.3, -0.25) is 0 Å². The lowest BCUT2D eigenvalue weighted by atomic mass is 9.97. The van der Waals surface area contributed by atoms with Crippen LogP contribution in [0.1, 0.15) is 39.0 Å². The first-order chi connectivity index (χ1) is 10.1. The van der Waals surface area contributed by atoms with Gasteiger partial charge in [-0.15, -0.1) is 11.8 Å². The molecule has 5 heteroatoms. The van der Waals surface area contributed by atoms with Gasteiger partial charge in [0.15, 0.2) is 0 Å². The maximum Gasteiger partial charge on any atom is 0.231 e. The van der Waals surface area contributed by atoms with E-state index in [4.69, 9.17) is 10.3 Å². The Morgan fingerprint density at radius 1 is 1.24 bits per heavy atom. The Morgan fingerprint density at radius 2 is 1.95 bits per heavy atom. The van der Waals surface area contributed by atoms with E-state index in [2.05, 4.69) is 43.0 Å². The summed E-state index contributed by atoms with van der Waals surface area (Å²) in [4.78, 5) is 5.77. The Bertz CT molecular complexity index is 551. The average molecular weight is 305 g/mol. The van der Waals surface area contributed by atoms with E-state index in [1.807, 2.05) is 23.9 Å². The number of aromatic nitrogens is 2. The summed E-state index contributed by atoms with van der Waals surface area (Å²) in [6, 6.07) is 8.25. The van der Waals surface area contributed by atoms with Gasteiger partial charge >= 0.3 is 0 Å². The number of hydrogen-bond acceptors (Lipinski definition) is 5. The molecule has 0 radical (unpaired) electrons. The molecule has 1 heterocycles. The normalized spacial score (nSPS) is 12.8. The smallest absolute Gasteiger partial charge is 0.231 e. The SMILES string of the molecule is CCSc1ccc(-c2noc(C(CN)CC(C)C)n2)cc1. The summed E-state index contributed by atoms with van der Waals surface area (Å²) in [6.45, 7) is 7.02. The molecule has 2 rings (SSSR count). The molecule has 1 unspecified atom stereocenters. The van der Waals surface area contributed by atoms with Gasteiger partial charge in [-0.2, -0.15) is 4.98 Å². The molecule has 0 saturated heterocycles. The Kier molecular flexibility index (Phi) is 5.82. The van der Waals surface area contributed by atoms with Crippen molar-refractivity contribution in [2.45, 2.75) is 38.0 Å². The zero-order chi connectivity index (χ0) is 15.2. The van der Waals surface area contributed by atoms with Crippen molar-refractivity contribution in [3.8, 4) is 11.4 Å². The molecule has 0 amide bonds. The molecule has 114 valence electrons. The first kappa shape index (κ1) is 16.0. The van der Waals surface area contributed by atoms with Crippen LogP contribution < -0.4 is 5.73 Å². The van der Waals surface area contributed by atoms with Crippen molar-refractivity contribution in [1.29, 1.82) is 0 Å². The topological polar surface area (TPSA) is 64.9 Å². The standard InChI is InChI=1S/C16H23N3OS/c1-4-21-14-7-5-12(6-8-14)15-18-16(20-19-15)13(10-17)9-11(2)3/h5-8,11,13H,4,9-10,17H2,1-3H3. The van der Waals surface area contributed by atoms with E-state index >= 15 is 0 Å². The van der Waals surface area contributed by atoms with Gasteiger partial charge in [0.2, 0.25) is 11.7 Å². The summed E-state index contributed by atoms with van der Waals surface area (Å²) in [5.41, 5.74) is 6.80. The molecule has 1 atom stereocenters. The van der Waals surface area contributed by atoms with Crippen molar-refractivity contribution in [3.63, 3.8) is 0 Å². The highest BCUT2D eigenvalue weighted by molar-refractivity contribution is 7.99. The number of thioether (sulfide) groups is 1. The van der Waals surface area contributed by atoms with E-state index in [0.717, 1.165) is 17.7 Å². The van der Waals surface area contributed by atoms with E-state index in [-0.39, 0.29) is 5.92 Å². The van der Waals surface area contributed by atoms with Gasteiger partial charge in [-0.25, -0.2) is 0 Å². The molecular formula is C16H23N3OS. The Labute approximate surface area is 130 Å². The van der Waals surface area contributed by atoms with Gasteiger partial charge in [0.05, 0.1) is 5.92 Å². The summed E-state index contributed by atoms with van der Waals surface area (Å²) < 4.78 is 5.40. The van der Waals surface area contributed by atoms with Crippen LogP contribution >= 0.6 is 11.8 Å². The molecular weight excluding hydrogens is 282 g/mol. The van der Waals surface area contributed by atoms with Gasteiger partial charge in [-0.05, 0) is 42.4 Å². The van der Waals surface area contributed by atoms with Gasteiger partial charge in [-0.1, -0.05) is 25.9 Å². The van der Waals surface area contributed by atoms with Crippen LogP contribution in [0.25, 0.3) is 11.4 Å². The van der Waals surface area contributed by atoms with E-state index in [0.29, 0.717) is 24.2 Å². The van der Waals surface area contributed by atoms with Crippen molar-refractivity contribution in [2.24, 2.45) is 11.7 Å². The van der Waals surface area contributed by atoms with Crippen LogP contribution in [0.2, 0.25) is 0 Å². The predicted molar refractivity (Wildman–Crippen MR) is 87.4 cm³/mol. The second-order valence-corrected chi connectivity index (χ2v) is 6.81. The first-order valence-electron chi connectivity index (χ1n) is 7.41. The highest BCUT2D eigenvalue weighted by Gasteiger charge is 2.19. The van der Waals surface area contributed by atoms with Crippen LogP contribution in [0.3, 0.4) is 0 Å². The Balaban J connectivity index is 2.14. The Morgan fingerprint density at radius 3 is 2.52 bits per heavy atom. The van der Waals surface area contributed by atoms with Crippen LogP contribution in [-0.4, -0.2) is 22.4 Å². The maximum atomic E-state index is 5.82. The molecule has 0 fully saturated rings. The molecule has 1 aromatic heterocycles. The third-order valence-electron chi connectivity index (χ3n) is 3.25. The molecule has 2 N–H and O–H groups in total. The molecule has 0 aliphatic rings. The molecule has 1 aromatic carbocycles. The second-order valence-electron chi connectivity index (χ2n) is 5.48.